The average Bonchev–Trinajstić information content (AvgIpc) is 3.20. The smallest absolute Gasteiger partial charge is 0.231 e. The summed E-state index contributed by atoms with van der Waals surface area (Å²) in [4.78, 5) is 16.6. The molecule has 0 atom stereocenters. The standard InChI is InChI=1S/C22H21N5O/c1-2-14-5-3-4-6-18(14)15-9-16-11-21(24-13-19(16)20(23)10-15)26-22(28)12-17-7-8-25-27-17/h3-11,13H,2,12,23H2,1H3,(H,25,27)(H,24,26,28). The molecule has 0 aliphatic rings. The zero-order chi connectivity index (χ0) is 19.5. The van der Waals surface area contributed by atoms with Gasteiger partial charge >= 0.3 is 0 Å². The molecule has 6 heteroatoms. The van der Waals surface area contributed by atoms with Gasteiger partial charge in [0.15, 0.2) is 0 Å². The summed E-state index contributed by atoms with van der Waals surface area (Å²) in [5.41, 5.74) is 11.2. The summed E-state index contributed by atoms with van der Waals surface area (Å²) in [7, 11) is 0. The number of nitrogens with zero attached hydrogens (tertiary/aromatic N) is 2. The zero-order valence-corrected chi connectivity index (χ0v) is 15.6. The number of hydrogen-bond acceptors (Lipinski definition) is 4. The summed E-state index contributed by atoms with van der Waals surface area (Å²) in [6.45, 7) is 2.14. The maximum absolute atomic E-state index is 12.2. The Morgan fingerprint density at radius 3 is 2.82 bits per heavy atom. The minimum Gasteiger partial charge on any atom is -0.398 e. The largest absolute Gasteiger partial charge is 0.398 e. The highest BCUT2D eigenvalue weighted by Crippen LogP contribution is 2.32. The van der Waals surface area contributed by atoms with Gasteiger partial charge in [-0.1, -0.05) is 31.2 Å². The molecule has 4 N–H and O–H groups in total. The van der Waals surface area contributed by atoms with E-state index in [0.717, 1.165) is 28.5 Å². The number of anilines is 2. The third-order valence-corrected chi connectivity index (χ3v) is 4.76. The summed E-state index contributed by atoms with van der Waals surface area (Å²) in [6, 6.07) is 16.0. The van der Waals surface area contributed by atoms with Crippen LogP contribution in [0.15, 0.2) is 60.9 Å². The second kappa shape index (κ2) is 7.52. The van der Waals surface area contributed by atoms with Crippen molar-refractivity contribution in [3.63, 3.8) is 0 Å². The number of pyridine rings is 1. The van der Waals surface area contributed by atoms with Gasteiger partial charge in [-0.25, -0.2) is 4.98 Å². The third kappa shape index (κ3) is 3.57. The molecule has 2 aromatic heterocycles. The van der Waals surface area contributed by atoms with Gasteiger partial charge in [0.05, 0.1) is 6.42 Å². The monoisotopic (exact) mass is 371 g/mol. The Bertz CT molecular complexity index is 1140. The van der Waals surface area contributed by atoms with E-state index >= 15 is 0 Å². The Morgan fingerprint density at radius 1 is 1.18 bits per heavy atom. The highest BCUT2D eigenvalue weighted by molar-refractivity contribution is 5.99. The van der Waals surface area contributed by atoms with Crippen LogP contribution in [0.1, 0.15) is 18.2 Å². The molecule has 2 heterocycles. The van der Waals surface area contributed by atoms with Gasteiger partial charge < -0.3 is 11.1 Å². The quantitative estimate of drug-likeness (QED) is 0.463. The predicted octanol–water partition coefficient (Wildman–Crippen LogP) is 3.95. The number of fused-ring (bicyclic) bond motifs is 1. The van der Waals surface area contributed by atoms with Gasteiger partial charge in [0, 0.05) is 29.2 Å². The second-order valence-electron chi connectivity index (χ2n) is 6.67. The van der Waals surface area contributed by atoms with Crippen molar-refractivity contribution in [1.82, 2.24) is 15.2 Å². The first-order chi connectivity index (χ1) is 13.6. The van der Waals surface area contributed by atoms with Crippen LogP contribution in [0.3, 0.4) is 0 Å². The molecule has 0 saturated carbocycles. The lowest BCUT2D eigenvalue weighted by Crippen LogP contribution is -2.15. The number of nitrogen functional groups attached to an aromatic ring is 1. The van der Waals surface area contributed by atoms with Crippen molar-refractivity contribution in [1.29, 1.82) is 0 Å². The van der Waals surface area contributed by atoms with Gasteiger partial charge in [0.25, 0.3) is 0 Å². The van der Waals surface area contributed by atoms with Crippen molar-refractivity contribution in [2.45, 2.75) is 19.8 Å². The summed E-state index contributed by atoms with van der Waals surface area (Å²) in [5.74, 6) is 0.342. The molecule has 0 bridgehead atoms. The van der Waals surface area contributed by atoms with Crippen LogP contribution in [0.2, 0.25) is 0 Å². The number of aromatic amines is 1. The van der Waals surface area contributed by atoms with E-state index in [0.29, 0.717) is 11.5 Å². The van der Waals surface area contributed by atoms with Crippen LogP contribution >= 0.6 is 0 Å². The van der Waals surface area contributed by atoms with Crippen LogP contribution in [-0.4, -0.2) is 21.1 Å². The highest BCUT2D eigenvalue weighted by Gasteiger charge is 2.10. The van der Waals surface area contributed by atoms with Crippen molar-refractivity contribution in [3.8, 4) is 11.1 Å². The molecule has 0 unspecified atom stereocenters. The molecule has 6 nitrogen and oxygen atoms in total. The summed E-state index contributed by atoms with van der Waals surface area (Å²) in [6.07, 6.45) is 4.48. The predicted molar refractivity (Wildman–Crippen MR) is 112 cm³/mol. The first-order valence-corrected chi connectivity index (χ1v) is 9.19. The Hall–Kier alpha value is -3.67. The van der Waals surface area contributed by atoms with E-state index in [1.807, 2.05) is 24.3 Å². The van der Waals surface area contributed by atoms with Crippen molar-refractivity contribution < 1.29 is 4.79 Å². The molecule has 140 valence electrons. The Kier molecular flexibility index (Phi) is 4.76. The van der Waals surface area contributed by atoms with E-state index in [2.05, 4.69) is 45.6 Å². The molecule has 4 rings (SSSR count). The number of aromatic nitrogens is 3. The van der Waals surface area contributed by atoms with E-state index in [1.165, 1.54) is 11.1 Å². The van der Waals surface area contributed by atoms with E-state index in [4.69, 9.17) is 5.73 Å². The Balaban J connectivity index is 1.67. The number of nitrogens with one attached hydrogen (secondary N) is 2. The molecule has 0 fully saturated rings. The molecular formula is C22H21N5O. The Morgan fingerprint density at radius 2 is 2.04 bits per heavy atom. The minimum absolute atomic E-state index is 0.156. The number of hydrogen-bond donors (Lipinski definition) is 3. The van der Waals surface area contributed by atoms with E-state index in [1.54, 1.807) is 18.5 Å². The number of nitrogens with two attached hydrogens (primary N) is 1. The maximum Gasteiger partial charge on any atom is 0.231 e. The molecule has 0 radical (unpaired) electrons. The van der Waals surface area contributed by atoms with Gasteiger partial charge in [-0.3, -0.25) is 9.89 Å². The van der Waals surface area contributed by atoms with Crippen LogP contribution in [0.25, 0.3) is 21.9 Å². The van der Waals surface area contributed by atoms with Gasteiger partial charge in [-0.15, -0.1) is 0 Å². The van der Waals surface area contributed by atoms with Crippen molar-refractivity contribution >= 4 is 28.2 Å². The highest BCUT2D eigenvalue weighted by atomic mass is 16.1. The van der Waals surface area contributed by atoms with Crippen LogP contribution in [0.5, 0.6) is 0 Å². The van der Waals surface area contributed by atoms with Gasteiger partial charge in [0.2, 0.25) is 5.91 Å². The lowest BCUT2D eigenvalue weighted by Gasteiger charge is -2.12. The van der Waals surface area contributed by atoms with Crippen molar-refractivity contribution in [2.24, 2.45) is 0 Å². The molecule has 28 heavy (non-hydrogen) atoms. The van der Waals surface area contributed by atoms with Crippen LogP contribution in [-0.2, 0) is 17.6 Å². The van der Waals surface area contributed by atoms with E-state index in [-0.39, 0.29) is 12.3 Å². The maximum atomic E-state index is 12.2. The molecule has 1 amide bonds. The van der Waals surface area contributed by atoms with Gasteiger partial charge in [-0.05, 0) is 52.8 Å². The number of amides is 1. The lowest BCUT2D eigenvalue weighted by molar-refractivity contribution is -0.115. The van der Waals surface area contributed by atoms with Gasteiger partial charge in [0.1, 0.15) is 5.82 Å². The number of carbonyl (C=O) groups excluding carboxylic acids is 1. The molecule has 2 aromatic carbocycles. The number of carbonyl (C=O) groups is 1. The van der Waals surface area contributed by atoms with Gasteiger partial charge in [-0.2, -0.15) is 5.10 Å². The first-order valence-electron chi connectivity index (χ1n) is 9.19. The molecule has 0 aliphatic carbocycles. The van der Waals surface area contributed by atoms with Crippen LogP contribution in [0, 0.1) is 0 Å². The first kappa shape index (κ1) is 17.7. The van der Waals surface area contributed by atoms with Crippen molar-refractivity contribution in [3.05, 3.63) is 72.2 Å². The fraction of sp³-hybridized carbons (Fsp3) is 0.136. The van der Waals surface area contributed by atoms with Crippen molar-refractivity contribution in [2.75, 3.05) is 11.1 Å². The second-order valence-corrected chi connectivity index (χ2v) is 6.67. The van der Waals surface area contributed by atoms with Crippen LogP contribution in [0.4, 0.5) is 11.5 Å². The summed E-state index contributed by atoms with van der Waals surface area (Å²) >= 11 is 0. The fourth-order valence-corrected chi connectivity index (χ4v) is 3.36. The molecule has 0 saturated heterocycles. The normalized spacial score (nSPS) is 10.9. The zero-order valence-electron chi connectivity index (χ0n) is 15.6. The Labute approximate surface area is 162 Å². The molecule has 4 aromatic rings. The summed E-state index contributed by atoms with van der Waals surface area (Å²) in [5, 5.41) is 11.3. The molecule has 0 aliphatic heterocycles. The third-order valence-electron chi connectivity index (χ3n) is 4.76. The number of benzene rings is 2. The fourth-order valence-electron chi connectivity index (χ4n) is 3.36. The SMILES string of the molecule is CCc1ccccc1-c1cc(N)c2cnc(NC(=O)Cc3ccn[nH]3)cc2c1. The lowest BCUT2D eigenvalue weighted by atomic mass is 9.95. The summed E-state index contributed by atoms with van der Waals surface area (Å²) < 4.78 is 0. The molecular weight excluding hydrogens is 350 g/mol. The molecule has 0 spiro atoms. The van der Waals surface area contributed by atoms with E-state index in [9.17, 15) is 4.79 Å². The minimum atomic E-state index is -0.156. The van der Waals surface area contributed by atoms with E-state index < -0.39 is 0 Å². The topological polar surface area (TPSA) is 96.7 Å². The number of rotatable bonds is 5. The number of aryl methyl sites for hydroxylation is 1. The van der Waals surface area contributed by atoms with Crippen LogP contribution < -0.4 is 11.1 Å². The average molecular weight is 371 g/mol. The number of H-pyrrole nitrogens is 1.